The van der Waals surface area contributed by atoms with Crippen molar-refractivity contribution in [2.24, 2.45) is 0 Å². The van der Waals surface area contributed by atoms with Crippen LogP contribution in [0.3, 0.4) is 0 Å². The van der Waals surface area contributed by atoms with Crippen molar-refractivity contribution >= 4 is 15.9 Å². The summed E-state index contributed by atoms with van der Waals surface area (Å²) in [6.45, 7) is 1.73. The van der Waals surface area contributed by atoms with Crippen LogP contribution in [-0.4, -0.2) is 12.4 Å². The Labute approximate surface area is 86.0 Å². The number of aryl methyl sites for hydroxylation is 2. The largest absolute Gasteiger partial charge is 0.496 e. The summed E-state index contributed by atoms with van der Waals surface area (Å²) in [7, 11) is 1.60. The van der Waals surface area contributed by atoms with E-state index in [1.165, 1.54) is 6.07 Å². The Kier molecular flexibility index (Phi) is 3.72. The van der Waals surface area contributed by atoms with E-state index >= 15 is 0 Å². The minimum atomic E-state index is -0.170. The van der Waals surface area contributed by atoms with Crippen LogP contribution in [0.2, 0.25) is 0 Å². The molecule has 1 nitrogen and oxygen atoms in total. The average molecular weight is 247 g/mol. The third-order valence-corrected chi connectivity index (χ3v) is 2.32. The Hall–Kier alpha value is -0.570. The number of rotatable bonds is 3. The molecule has 3 heteroatoms. The van der Waals surface area contributed by atoms with Gasteiger partial charge in [-0.05, 0) is 36.6 Å². The van der Waals surface area contributed by atoms with Crippen LogP contribution in [0.25, 0.3) is 0 Å². The Morgan fingerprint density at radius 1 is 1.46 bits per heavy atom. The molecule has 0 heterocycles. The predicted molar refractivity (Wildman–Crippen MR) is 55.2 cm³/mol. The topological polar surface area (TPSA) is 9.23 Å². The van der Waals surface area contributed by atoms with Gasteiger partial charge in [0.05, 0.1) is 7.11 Å². The zero-order chi connectivity index (χ0) is 9.84. The maximum atomic E-state index is 13.1. The van der Waals surface area contributed by atoms with E-state index in [-0.39, 0.29) is 5.82 Å². The van der Waals surface area contributed by atoms with Crippen LogP contribution >= 0.6 is 15.9 Å². The fourth-order valence-corrected chi connectivity index (χ4v) is 1.61. The molecule has 0 bridgehead atoms. The smallest absolute Gasteiger partial charge is 0.126 e. The van der Waals surface area contributed by atoms with Crippen molar-refractivity contribution in [3.63, 3.8) is 0 Å². The van der Waals surface area contributed by atoms with E-state index < -0.39 is 0 Å². The van der Waals surface area contributed by atoms with Crippen molar-refractivity contribution in [2.75, 3.05) is 12.4 Å². The number of halogens is 2. The van der Waals surface area contributed by atoms with Crippen LogP contribution < -0.4 is 4.74 Å². The fourth-order valence-electron chi connectivity index (χ4n) is 1.18. The van der Waals surface area contributed by atoms with Crippen molar-refractivity contribution in [1.29, 1.82) is 0 Å². The molecule has 0 unspecified atom stereocenters. The van der Waals surface area contributed by atoms with Gasteiger partial charge in [-0.25, -0.2) is 4.39 Å². The number of methoxy groups -OCH3 is 1. The Balaban J connectivity index is 3.09. The van der Waals surface area contributed by atoms with Crippen molar-refractivity contribution in [2.45, 2.75) is 13.3 Å². The molecule has 0 atom stereocenters. The lowest BCUT2D eigenvalue weighted by Crippen LogP contribution is -1.96. The first-order valence-corrected chi connectivity index (χ1v) is 5.20. The second-order valence-electron chi connectivity index (χ2n) is 2.85. The van der Waals surface area contributed by atoms with E-state index in [9.17, 15) is 4.39 Å². The molecule has 0 aromatic heterocycles. The molecule has 0 fully saturated rings. The molecule has 1 aromatic carbocycles. The van der Waals surface area contributed by atoms with Gasteiger partial charge in [-0.15, -0.1) is 0 Å². The molecule has 0 aliphatic carbocycles. The van der Waals surface area contributed by atoms with Crippen LogP contribution in [0.15, 0.2) is 12.1 Å². The minimum absolute atomic E-state index is 0.170. The van der Waals surface area contributed by atoms with Crippen molar-refractivity contribution in [3.05, 3.63) is 29.1 Å². The lowest BCUT2D eigenvalue weighted by Gasteiger charge is -2.08. The second kappa shape index (κ2) is 4.61. The number of hydrogen-bond donors (Lipinski definition) is 0. The normalized spacial score (nSPS) is 10.2. The van der Waals surface area contributed by atoms with Crippen LogP contribution in [0.5, 0.6) is 5.75 Å². The van der Waals surface area contributed by atoms with Crippen molar-refractivity contribution in [3.8, 4) is 5.75 Å². The van der Waals surface area contributed by atoms with E-state index in [1.54, 1.807) is 20.1 Å². The molecule has 1 aromatic rings. The van der Waals surface area contributed by atoms with Crippen molar-refractivity contribution < 1.29 is 9.13 Å². The summed E-state index contributed by atoms with van der Waals surface area (Å²) in [5, 5.41) is 0.811. The third kappa shape index (κ3) is 2.44. The number of alkyl halides is 1. The third-order valence-electron chi connectivity index (χ3n) is 1.93. The van der Waals surface area contributed by atoms with E-state index in [4.69, 9.17) is 4.74 Å². The molecular formula is C10H12BrFO. The summed E-state index contributed by atoms with van der Waals surface area (Å²) in [5.74, 6) is 0.593. The minimum Gasteiger partial charge on any atom is -0.496 e. The molecule has 13 heavy (non-hydrogen) atoms. The van der Waals surface area contributed by atoms with E-state index in [0.717, 1.165) is 23.1 Å². The lowest BCUT2D eigenvalue weighted by molar-refractivity contribution is 0.408. The molecule has 0 radical (unpaired) electrons. The predicted octanol–water partition coefficient (Wildman–Crippen LogP) is 3.08. The highest BCUT2D eigenvalue weighted by Gasteiger charge is 2.06. The first-order chi connectivity index (χ1) is 6.19. The highest BCUT2D eigenvalue weighted by atomic mass is 79.9. The molecule has 0 N–H and O–H groups in total. The van der Waals surface area contributed by atoms with Gasteiger partial charge in [0.2, 0.25) is 0 Å². The summed E-state index contributed by atoms with van der Waals surface area (Å²) in [6, 6.07) is 3.27. The summed E-state index contributed by atoms with van der Waals surface area (Å²) in [4.78, 5) is 0. The van der Waals surface area contributed by atoms with Gasteiger partial charge in [-0.3, -0.25) is 0 Å². The van der Waals surface area contributed by atoms with Gasteiger partial charge in [0.1, 0.15) is 11.6 Å². The average Bonchev–Trinajstić information content (AvgIpc) is 2.11. The fraction of sp³-hybridized carbons (Fsp3) is 0.400. The molecule has 1 rings (SSSR count). The van der Waals surface area contributed by atoms with E-state index in [2.05, 4.69) is 15.9 Å². The highest BCUT2D eigenvalue weighted by Crippen LogP contribution is 2.23. The summed E-state index contributed by atoms with van der Waals surface area (Å²) in [6.07, 6.45) is 0.778. The first kappa shape index (κ1) is 10.5. The van der Waals surface area contributed by atoms with Crippen LogP contribution in [0.1, 0.15) is 11.1 Å². The standard InChI is InChI=1S/C10H12BrFO/c1-7-5-10(13-2)8(3-4-11)6-9(7)12/h5-6H,3-4H2,1-2H3. The second-order valence-corrected chi connectivity index (χ2v) is 3.65. The zero-order valence-corrected chi connectivity index (χ0v) is 9.32. The zero-order valence-electron chi connectivity index (χ0n) is 7.73. The Bertz CT molecular complexity index is 299. The quantitative estimate of drug-likeness (QED) is 0.746. The molecule has 0 aliphatic rings. The molecule has 0 amide bonds. The summed E-state index contributed by atoms with van der Waals surface area (Å²) < 4.78 is 18.3. The Morgan fingerprint density at radius 2 is 2.15 bits per heavy atom. The van der Waals surface area contributed by atoms with Gasteiger partial charge in [0.25, 0.3) is 0 Å². The summed E-state index contributed by atoms with van der Waals surface area (Å²) >= 11 is 3.31. The van der Waals surface area contributed by atoms with Crippen LogP contribution in [0, 0.1) is 12.7 Å². The van der Waals surface area contributed by atoms with Gasteiger partial charge >= 0.3 is 0 Å². The van der Waals surface area contributed by atoms with Crippen molar-refractivity contribution in [1.82, 2.24) is 0 Å². The molecule has 0 spiro atoms. The van der Waals surface area contributed by atoms with Crippen LogP contribution in [-0.2, 0) is 6.42 Å². The number of benzene rings is 1. The maximum absolute atomic E-state index is 13.1. The highest BCUT2D eigenvalue weighted by molar-refractivity contribution is 9.09. The number of hydrogen-bond acceptors (Lipinski definition) is 1. The van der Waals surface area contributed by atoms with Gasteiger partial charge in [0.15, 0.2) is 0 Å². The lowest BCUT2D eigenvalue weighted by atomic mass is 10.1. The molecule has 0 saturated carbocycles. The monoisotopic (exact) mass is 246 g/mol. The Morgan fingerprint density at radius 3 is 2.69 bits per heavy atom. The molecular weight excluding hydrogens is 235 g/mol. The van der Waals surface area contributed by atoms with Gasteiger partial charge in [-0.1, -0.05) is 15.9 Å². The van der Waals surface area contributed by atoms with E-state index in [1.807, 2.05) is 0 Å². The first-order valence-electron chi connectivity index (χ1n) is 4.08. The molecule has 72 valence electrons. The summed E-state index contributed by atoms with van der Waals surface area (Å²) in [5.41, 5.74) is 1.53. The van der Waals surface area contributed by atoms with Gasteiger partial charge in [-0.2, -0.15) is 0 Å². The number of ether oxygens (including phenoxy) is 1. The van der Waals surface area contributed by atoms with Gasteiger partial charge < -0.3 is 4.74 Å². The van der Waals surface area contributed by atoms with E-state index in [0.29, 0.717) is 5.56 Å². The maximum Gasteiger partial charge on any atom is 0.126 e. The molecule has 0 aliphatic heterocycles. The molecule has 0 saturated heterocycles. The SMILES string of the molecule is COc1cc(C)c(F)cc1CCBr. The van der Waals surface area contributed by atoms with Crippen LogP contribution in [0.4, 0.5) is 4.39 Å². The van der Waals surface area contributed by atoms with Gasteiger partial charge in [0, 0.05) is 5.33 Å².